The predicted molar refractivity (Wildman–Crippen MR) is 103 cm³/mol. The number of hydrogen-bond donors (Lipinski definition) is 1. The average molecular weight is 378 g/mol. The van der Waals surface area contributed by atoms with Gasteiger partial charge in [-0.25, -0.2) is 4.98 Å². The van der Waals surface area contributed by atoms with E-state index in [0.717, 1.165) is 29.8 Å². The highest BCUT2D eigenvalue weighted by Crippen LogP contribution is 2.38. The molecule has 3 aromatic rings. The quantitative estimate of drug-likeness (QED) is 0.674. The van der Waals surface area contributed by atoms with Crippen molar-refractivity contribution >= 4 is 5.91 Å². The van der Waals surface area contributed by atoms with Gasteiger partial charge in [-0.05, 0) is 62.6 Å². The molecule has 1 N–H and O–H groups in total. The van der Waals surface area contributed by atoms with Crippen LogP contribution in [0.2, 0.25) is 0 Å². The van der Waals surface area contributed by atoms with E-state index in [9.17, 15) is 4.79 Å². The van der Waals surface area contributed by atoms with Gasteiger partial charge >= 0.3 is 0 Å². The van der Waals surface area contributed by atoms with E-state index in [1.165, 1.54) is 0 Å². The summed E-state index contributed by atoms with van der Waals surface area (Å²) < 4.78 is 10.9. The summed E-state index contributed by atoms with van der Waals surface area (Å²) in [5, 5.41) is 6.93. The van der Waals surface area contributed by atoms with Crippen LogP contribution < -0.4 is 10.1 Å². The van der Waals surface area contributed by atoms with Gasteiger partial charge in [0.2, 0.25) is 5.88 Å². The first kappa shape index (κ1) is 18.2. The van der Waals surface area contributed by atoms with Crippen molar-refractivity contribution in [3.63, 3.8) is 0 Å². The van der Waals surface area contributed by atoms with Crippen LogP contribution in [0.25, 0.3) is 11.5 Å². The first-order valence-corrected chi connectivity index (χ1v) is 9.42. The summed E-state index contributed by atoms with van der Waals surface area (Å²) >= 11 is 0. The van der Waals surface area contributed by atoms with Gasteiger partial charge in [0.1, 0.15) is 0 Å². The molecule has 4 rings (SSSR count). The lowest BCUT2D eigenvalue weighted by molar-refractivity contribution is 0.0950. The van der Waals surface area contributed by atoms with Crippen LogP contribution in [0.5, 0.6) is 5.88 Å². The van der Waals surface area contributed by atoms with E-state index in [1.54, 1.807) is 18.3 Å². The smallest absolute Gasteiger partial charge is 0.257 e. The summed E-state index contributed by atoms with van der Waals surface area (Å²) in [5.74, 6) is 2.11. The zero-order valence-electron chi connectivity index (χ0n) is 15.9. The molecule has 1 amide bonds. The molecule has 7 heteroatoms. The van der Waals surface area contributed by atoms with Gasteiger partial charge in [0, 0.05) is 35.9 Å². The van der Waals surface area contributed by atoms with E-state index < -0.39 is 0 Å². The van der Waals surface area contributed by atoms with Crippen LogP contribution in [0.4, 0.5) is 0 Å². The highest BCUT2D eigenvalue weighted by atomic mass is 16.5. The standard InChI is InChI=1S/C21H22N4O3/c1-13(2)27-18-11-14(9-10-22-18)12-23-20(26)16-5-7-17(8-6-16)21-24-19(25-28-21)15-3-4-15/h5-11,13,15H,3-4,12H2,1-2H3,(H,23,26). The minimum Gasteiger partial charge on any atom is -0.475 e. The minimum absolute atomic E-state index is 0.0510. The van der Waals surface area contributed by atoms with E-state index in [1.807, 2.05) is 38.1 Å². The van der Waals surface area contributed by atoms with Crippen LogP contribution in [0.3, 0.4) is 0 Å². The van der Waals surface area contributed by atoms with E-state index in [4.69, 9.17) is 9.26 Å². The molecule has 0 unspecified atom stereocenters. The Morgan fingerprint density at radius 1 is 1.25 bits per heavy atom. The maximum Gasteiger partial charge on any atom is 0.257 e. The SMILES string of the molecule is CC(C)Oc1cc(CNC(=O)c2ccc(-c3nc(C4CC4)no3)cc2)ccn1. The van der Waals surface area contributed by atoms with Crippen molar-refractivity contribution in [2.45, 2.75) is 45.3 Å². The largest absolute Gasteiger partial charge is 0.475 e. The van der Waals surface area contributed by atoms with E-state index in [2.05, 4.69) is 20.4 Å². The minimum atomic E-state index is -0.154. The number of benzene rings is 1. The Bertz CT molecular complexity index is 962. The molecule has 28 heavy (non-hydrogen) atoms. The maximum absolute atomic E-state index is 12.4. The van der Waals surface area contributed by atoms with Crippen LogP contribution in [-0.2, 0) is 6.54 Å². The lowest BCUT2D eigenvalue weighted by atomic mass is 10.1. The van der Waals surface area contributed by atoms with Crippen LogP contribution in [0.15, 0.2) is 47.1 Å². The fourth-order valence-corrected chi connectivity index (χ4v) is 2.77. The molecular weight excluding hydrogens is 356 g/mol. The number of rotatable bonds is 7. The predicted octanol–water partition coefficient (Wildman–Crippen LogP) is 3.73. The fourth-order valence-electron chi connectivity index (χ4n) is 2.77. The van der Waals surface area contributed by atoms with Crippen LogP contribution in [-0.4, -0.2) is 27.1 Å². The van der Waals surface area contributed by atoms with Crippen molar-refractivity contribution in [3.8, 4) is 17.3 Å². The third-order valence-electron chi connectivity index (χ3n) is 4.39. The Balaban J connectivity index is 1.37. The summed E-state index contributed by atoms with van der Waals surface area (Å²) in [6, 6.07) is 10.8. The Morgan fingerprint density at radius 3 is 2.75 bits per heavy atom. The van der Waals surface area contributed by atoms with Gasteiger partial charge in [0.25, 0.3) is 11.8 Å². The monoisotopic (exact) mass is 378 g/mol. The number of carbonyl (C=O) groups is 1. The molecule has 1 aromatic carbocycles. The first-order valence-electron chi connectivity index (χ1n) is 9.42. The van der Waals surface area contributed by atoms with Crippen molar-refractivity contribution in [2.24, 2.45) is 0 Å². The van der Waals surface area contributed by atoms with Gasteiger partial charge < -0.3 is 14.6 Å². The molecule has 0 bridgehead atoms. The van der Waals surface area contributed by atoms with Crippen molar-refractivity contribution < 1.29 is 14.1 Å². The Kier molecular flexibility index (Phi) is 5.06. The molecule has 7 nitrogen and oxygen atoms in total. The van der Waals surface area contributed by atoms with Crippen molar-refractivity contribution in [3.05, 3.63) is 59.5 Å². The molecule has 0 spiro atoms. The maximum atomic E-state index is 12.4. The molecule has 0 saturated heterocycles. The molecule has 2 heterocycles. The van der Waals surface area contributed by atoms with Crippen molar-refractivity contribution in [2.75, 3.05) is 0 Å². The molecule has 1 fully saturated rings. The first-order chi connectivity index (χ1) is 13.6. The summed E-state index contributed by atoms with van der Waals surface area (Å²) in [6.07, 6.45) is 3.98. The molecule has 1 saturated carbocycles. The molecule has 1 aliphatic carbocycles. The lowest BCUT2D eigenvalue weighted by Crippen LogP contribution is -2.22. The number of ether oxygens (including phenoxy) is 1. The second kappa shape index (κ2) is 7.80. The van der Waals surface area contributed by atoms with Gasteiger partial charge in [-0.15, -0.1) is 0 Å². The van der Waals surface area contributed by atoms with E-state index >= 15 is 0 Å². The number of nitrogens with zero attached hydrogens (tertiary/aromatic N) is 3. The Hall–Kier alpha value is -3.22. The second-order valence-electron chi connectivity index (χ2n) is 7.16. The van der Waals surface area contributed by atoms with Crippen molar-refractivity contribution in [1.29, 1.82) is 0 Å². The number of amides is 1. The molecule has 2 aromatic heterocycles. The van der Waals surface area contributed by atoms with E-state index in [-0.39, 0.29) is 12.0 Å². The van der Waals surface area contributed by atoms with Gasteiger partial charge in [0.05, 0.1) is 6.10 Å². The van der Waals surface area contributed by atoms with Crippen LogP contribution in [0.1, 0.15) is 54.4 Å². The summed E-state index contributed by atoms with van der Waals surface area (Å²) in [5.41, 5.74) is 2.30. The molecule has 0 aliphatic heterocycles. The Labute approximate surface area is 163 Å². The molecular formula is C21H22N4O3. The number of carbonyl (C=O) groups excluding carboxylic acids is 1. The van der Waals surface area contributed by atoms with E-state index in [0.29, 0.717) is 29.8 Å². The summed E-state index contributed by atoms with van der Waals surface area (Å²) in [6.45, 7) is 4.29. The van der Waals surface area contributed by atoms with Crippen LogP contribution >= 0.6 is 0 Å². The normalized spacial score (nSPS) is 13.5. The lowest BCUT2D eigenvalue weighted by Gasteiger charge is -2.10. The average Bonchev–Trinajstić information content (AvgIpc) is 3.43. The van der Waals surface area contributed by atoms with Crippen molar-refractivity contribution in [1.82, 2.24) is 20.4 Å². The number of pyridine rings is 1. The summed E-state index contributed by atoms with van der Waals surface area (Å²) in [4.78, 5) is 21.0. The summed E-state index contributed by atoms with van der Waals surface area (Å²) in [7, 11) is 0. The number of hydrogen-bond acceptors (Lipinski definition) is 6. The topological polar surface area (TPSA) is 90.1 Å². The molecule has 0 atom stereocenters. The Morgan fingerprint density at radius 2 is 2.04 bits per heavy atom. The zero-order chi connectivity index (χ0) is 19.5. The number of nitrogens with one attached hydrogen (secondary N) is 1. The van der Waals surface area contributed by atoms with Crippen LogP contribution in [0, 0.1) is 0 Å². The molecule has 0 radical (unpaired) electrons. The van der Waals surface area contributed by atoms with Gasteiger partial charge in [-0.3, -0.25) is 4.79 Å². The van der Waals surface area contributed by atoms with Gasteiger partial charge in [0.15, 0.2) is 5.82 Å². The van der Waals surface area contributed by atoms with Gasteiger partial charge in [-0.1, -0.05) is 5.16 Å². The second-order valence-corrected chi connectivity index (χ2v) is 7.16. The highest BCUT2D eigenvalue weighted by molar-refractivity contribution is 5.94. The zero-order valence-corrected chi connectivity index (χ0v) is 15.9. The van der Waals surface area contributed by atoms with Gasteiger partial charge in [-0.2, -0.15) is 4.98 Å². The third-order valence-corrected chi connectivity index (χ3v) is 4.39. The molecule has 1 aliphatic rings. The third kappa shape index (κ3) is 4.36. The highest BCUT2D eigenvalue weighted by Gasteiger charge is 2.28. The fraction of sp³-hybridized carbons (Fsp3) is 0.333. The molecule has 144 valence electrons. The number of aromatic nitrogens is 3.